The van der Waals surface area contributed by atoms with Crippen LogP contribution in [0, 0.1) is 0 Å². The number of carbonyl (C=O) groups excluding carboxylic acids is 2. The highest BCUT2D eigenvalue weighted by Crippen LogP contribution is 2.27. The predicted molar refractivity (Wildman–Crippen MR) is 115 cm³/mol. The van der Waals surface area contributed by atoms with Gasteiger partial charge in [0.25, 0.3) is 0 Å². The lowest BCUT2D eigenvalue weighted by Crippen LogP contribution is -2.35. The van der Waals surface area contributed by atoms with E-state index in [2.05, 4.69) is 19.2 Å². The van der Waals surface area contributed by atoms with Gasteiger partial charge in [-0.1, -0.05) is 32.0 Å². The van der Waals surface area contributed by atoms with E-state index in [-0.39, 0.29) is 24.2 Å². The van der Waals surface area contributed by atoms with Crippen molar-refractivity contribution in [3.8, 4) is 11.5 Å². The van der Waals surface area contributed by atoms with Crippen LogP contribution in [0.3, 0.4) is 0 Å². The highest BCUT2D eigenvalue weighted by Gasteiger charge is 2.17. The molecule has 0 spiro atoms. The van der Waals surface area contributed by atoms with E-state index in [0.29, 0.717) is 25.4 Å². The zero-order valence-corrected chi connectivity index (χ0v) is 17.6. The highest BCUT2D eigenvalue weighted by atomic mass is 16.5. The van der Waals surface area contributed by atoms with Crippen LogP contribution >= 0.6 is 0 Å². The van der Waals surface area contributed by atoms with Crippen molar-refractivity contribution >= 4 is 17.5 Å². The zero-order chi connectivity index (χ0) is 21.2. The maximum absolute atomic E-state index is 12.2. The summed E-state index contributed by atoms with van der Waals surface area (Å²) in [5, 5.41) is 2.83. The fourth-order valence-electron chi connectivity index (χ4n) is 3.00. The van der Waals surface area contributed by atoms with Crippen molar-refractivity contribution < 1.29 is 19.1 Å². The molecule has 156 valence electrons. The maximum Gasteiger partial charge on any atom is 0.223 e. The molecule has 0 saturated carbocycles. The number of rotatable bonds is 10. The van der Waals surface area contributed by atoms with Crippen LogP contribution in [0.4, 0.5) is 5.69 Å². The van der Waals surface area contributed by atoms with Gasteiger partial charge in [-0.2, -0.15) is 0 Å². The van der Waals surface area contributed by atoms with Gasteiger partial charge in [-0.05, 0) is 41.8 Å². The molecular formula is C23H30N2O4. The molecule has 0 heterocycles. The molecule has 2 rings (SSSR count). The molecule has 2 aromatic rings. The molecule has 0 aliphatic heterocycles. The number of nitrogens with one attached hydrogen (secondary N) is 1. The average molecular weight is 399 g/mol. The number of hydrogen-bond donors (Lipinski definition) is 1. The predicted octanol–water partition coefficient (Wildman–Crippen LogP) is 3.76. The fraction of sp³-hybridized carbons (Fsp3) is 0.391. The number of para-hydroxylation sites is 1. The molecule has 2 amide bonds. The van der Waals surface area contributed by atoms with Crippen molar-refractivity contribution in [2.75, 3.05) is 31.7 Å². The van der Waals surface area contributed by atoms with E-state index in [1.165, 1.54) is 6.92 Å². The minimum Gasteiger partial charge on any atom is -0.497 e. The smallest absolute Gasteiger partial charge is 0.223 e. The highest BCUT2D eigenvalue weighted by molar-refractivity contribution is 5.93. The molecule has 6 heteroatoms. The lowest BCUT2D eigenvalue weighted by atomic mass is 10.0. The number of anilines is 1. The third-order valence-electron chi connectivity index (χ3n) is 4.54. The van der Waals surface area contributed by atoms with Crippen LogP contribution in [-0.4, -0.2) is 38.6 Å². The number of benzene rings is 2. The van der Waals surface area contributed by atoms with Crippen molar-refractivity contribution in [2.24, 2.45) is 0 Å². The maximum atomic E-state index is 12.2. The second kappa shape index (κ2) is 11.1. The molecule has 6 nitrogen and oxygen atoms in total. The van der Waals surface area contributed by atoms with E-state index in [9.17, 15) is 9.59 Å². The van der Waals surface area contributed by atoms with Gasteiger partial charge in [0.2, 0.25) is 11.8 Å². The van der Waals surface area contributed by atoms with Crippen LogP contribution in [0.1, 0.15) is 38.7 Å². The minimum absolute atomic E-state index is 0.0752. The number of amides is 2. The van der Waals surface area contributed by atoms with Gasteiger partial charge < -0.3 is 19.7 Å². The lowest BCUT2D eigenvalue weighted by molar-refractivity contribution is -0.121. The van der Waals surface area contributed by atoms with Gasteiger partial charge >= 0.3 is 0 Å². The van der Waals surface area contributed by atoms with Gasteiger partial charge in [0.05, 0.1) is 13.7 Å². The Morgan fingerprint density at radius 1 is 1.03 bits per heavy atom. The first-order chi connectivity index (χ1) is 13.9. The van der Waals surface area contributed by atoms with E-state index in [1.807, 2.05) is 48.5 Å². The monoisotopic (exact) mass is 398 g/mol. The van der Waals surface area contributed by atoms with Gasteiger partial charge in [0.1, 0.15) is 18.1 Å². The molecular weight excluding hydrogens is 368 g/mol. The Morgan fingerprint density at radius 3 is 2.31 bits per heavy atom. The molecule has 0 aliphatic rings. The third kappa shape index (κ3) is 6.82. The number of carbonyl (C=O) groups is 2. The summed E-state index contributed by atoms with van der Waals surface area (Å²) in [7, 11) is 1.61. The molecule has 0 saturated heterocycles. The first kappa shape index (κ1) is 22.3. The summed E-state index contributed by atoms with van der Waals surface area (Å²) >= 11 is 0. The van der Waals surface area contributed by atoms with Crippen LogP contribution < -0.4 is 19.7 Å². The average Bonchev–Trinajstić information content (AvgIpc) is 2.71. The van der Waals surface area contributed by atoms with Gasteiger partial charge in [-0.25, -0.2) is 0 Å². The second-order valence-electron chi connectivity index (χ2n) is 7.01. The first-order valence-electron chi connectivity index (χ1n) is 9.83. The fourth-order valence-corrected chi connectivity index (χ4v) is 3.00. The van der Waals surface area contributed by atoms with Gasteiger partial charge in [0.15, 0.2) is 0 Å². The van der Waals surface area contributed by atoms with Crippen molar-refractivity contribution in [1.82, 2.24) is 5.32 Å². The number of ether oxygens (including phenoxy) is 2. The topological polar surface area (TPSA) is 67.9 Å². The third-order valence-corrected chi connectivity index (χ3v) is 4.54. The van der Waals surface area contributed by atoms with E-state index in [1.54, 1.807) is 12.0 Å². The van der Waals surface area contributed by atoms with Crippen LogP contribution in [-0.2, 0) is 9.59 Å². The quantitative estimate of drug-likeness (QED) is 0.619. The Balaban J connectivity index is 1.81. The first-order valence-corrected chi connectivity index (χ1v) is 9.83. The number of nitrogens with zero attached hydrogens (tertiary/aromatic N) is 1. The van der Waals surface area contributed by atoms with Crippen LogP contribution in [0.5, 0.6) is 11.5 Å². The van der Waals surface area contributed by atoms with Crippen molar-refractivity contribution in [3.05, 3.63) is 54.1 Å². The Morgan fingerprint density at radius 2 is 1.69 bits per heavy atom. The molecule has 0 aliphatic carbocycles. The lowest BCUT2D eigenvalue weighted by Gasteiger charge is -2.25. The molecule has 2 aromatic carbocycles. The summed E-state index contributed by atoms with van der Waals surface area (Å²) in [6, 6.07) is 15.1. The molecule has 0 unspecified atom stereocenters. The van der Waals surface area contributed by atoms with E-state index < -0.39 is 0 Å². The van der Waals surface area contributed by atoms with Gasteiger partial charge in [0, 0.05) is 25.6 Å². The molecule has 1 N–H and O–H groups in total. The summed E-state index contributed by atoms with van der Waals surface area (Å²) in [6.45, 7) is 6.81. The van der Waals surface area contributed by atoms with Crippen LogP contribution in [0.15, 0.2) is 48.5 Å². The zero-order valence-electron chi connectivity index (χ0n) is 17.6. The van der Waals surface area contributed by atoms with Gasteiger partial charge in [-0.15, -0.1) is 0 Å². The summed E-state index contributed by atoms with van der Waals surface area (Å²) in [5.74, 6) is 1.58. The van der Waals surface area contributed by atoms with E-state index in [4.69, 9.17) is 9.47 Å². The number of methoxy groups -OCH3 is 1. The van der Waals surface area contributed by atoms with E-state index in [0.717, 1.165) is 17.0 Å². The number of hydrogen-bond acceptors (Lipinski definition) is 4. The molecule has 0 radical (unpaired) electrons. The summed E-state index contributed by atoms with van der Waals surface area (Å²) in [4.78, 5) is 26.0. The van der Waals surface area contributed by atoms with Crippen molar-refractivity contribution in [1.29, 1.82) is 0 Å². The second-order valence-corrected chi connectivity index (χ2v) is 7.01. The standard InChI is InChI=1S/C23H30N2O4/c1-17(2)21-7-5-6-8-22(21)25(18(3)26)15-13-23(27)24-14-16-29-20-11-9-19(28-4)10-12-20/h5-12,17H,13-16H2,1-4H3,(H,24,27). The Hall–Kier alpha value is -3.02. The largest absolute Gasteiger partial charge is 0.497 e. The molecule has 0 bridgehead atoms. The van der Waals surface area contributed by atoms with Crippen LogP contribution in [0.2, 0.25) is 0 Å². The molecule has 29 heavy (non-hydrogen) atoms. The van der Waals surface area contributed by atoms with Gasteiger partial charge in [-0.3, -0.25) is 9.59 Å². The summed E-state index contributed by atoms with van der Waals surface area (Å²) in [6.07, 6.45) is 0.231. The van der Waals surface area contributed by atoms with E-state index >= 15 is 0 Å². The Kier molecular flexibility index (Phi) is 8.52. The van der Waals surface area contributed by atoms with Crippen molar-refractivity contribution in [2.45, 2.75) is 33.1 Å². The summed E-state index contributed by atoms with van der Waals surface area (Å²) in [5.41, 5.74) is 1.96. The molecule has 0 fully saturated rings. The Bertz CT molecular complexity index is 803. The molecule has 0 atom stereocenters. The molecule has 0 aromatic heterocycles. The normalized spacial score (nSPS) is 10.5. The summed E-state index contributed by atoms with van der Waals surface area (Å²) < 4.78 is 10.7. The Labute approximate surface area is 172 Å². The van der Waals surface area contributed by atoms with Crippen LogP contribution in [0.25, 0.3) is 0 Å². The SMILES string of the molecule is COc1ccc(OCCNC(=O)CCN(C(C)=O)c2ccccc2C(C)C)cc1. The minimum atomic E-state index is -0.114. The van der Waals surface area contributed by atoms with Crippen molar-refractivity contribution in [3.63, 3.8) is 0 Å².